The van der Waals surface area contributed by atoms with Gasteiger partial charge in [0, 0.05) is 6.07 Å². The van der Waals surface area contributed by atoms with Crippen LogP contribution in [0.3, 0.4) is 0 Å². The van der Waals surface area contributed by atoms with Gasteiger partial charge in [-0.1, -0.05) is 51.6 Å². The van der Waals surface area contributed by atoms with Crippen LogP contribution in [0.2, 0.25) is 0 Å². The number of allylic oxidation sites excluding steroid dienone is 1. The van der Waals surface area contributed by atoms with Gasteiger partial charge in [-0.25, -0.2) is 0 Å². The van der Waals surface area contributed by atoms with E-state index in [0.717, 1.165) is 11.1 Å². The third kappa shape index (κ3) is 3.88. The minimum absolute atomic E-state index is 0.0990. The van der Waals surface area contributed by atoms with Gasteiger partial charge < -0.3 is 9.47 Å². The van der Waals surface area contributed by atoms with Gasteiger partial charge in [0.15, 0.2) is 5.76 Å². The van der Waals surface area contributed by atoms with E-state index >= 15 is 0 Å². The second kappa shape index (κ2) is 6.83. The lowest BCUT2D eigenvalue weighted by Gasteiger charge is -2.18. The monoisotopic (exact) mass is 348 g/mol. The zero-order valence-electron chi connectivity index (χ0n) is 15.8. The van der Waals surface area contributed by atoms with E-state index in [0.29, 0.717) is 29.4 Å². The molecule has 3 heteroatoms. The molecule has 0 radical (unpaired) electrons. The molecule has 0 unspecified atom stereocenters. The fourth-order valence-electron chi connectivity index (χ4n) is 2.69. The quantitative estimate of drug-likeness (QED) is 0.536. The highest BCUT2D eigenvalue weighted by Gasteiger charge is 2.27. The van der Waals surface area contributed by atoms with Gasteiger partial charge >= 0.3 is 0 Å². The van der Waals surface area contributed by atoms with Crippen LogP contribution >= 0.6 is 0 Å². The van der Waals surface area contributed by atoms with Crippen LogP contribution in [0.1, 0.15) is 49.2 Å². The molecule has 3 nitrogen and oxygen atoms in total. The predicted molar refractivity (Wildman–Crippen MR) is 105 cm³/mol. The molecule has 0 saturated heterocycles. The van der Waals surface area contributed by atoms with Crippen LogP contribution in [0.5, 0.6) is 11.5 Å². The van der Waals surface area contributed by atoms with Gasteiger partial charge in [-0.15, -0.1) is 0 Å². The summed E-state index contributed by atoms with van der Waals surface area (Å²) in [5.41, 5.74) is 3.78. The molecule has 0 aliphatic carbocycles. The molecule has 0 bridgehead atoms. The van der Waals surface area contributed by atoms with Gasteiger partial charge in [-0.2, -0.15) is 0 Å². The fourth-order valence-corrected chi connectivity index (χ4v) is 2.69. The average molecular weight is 348 g/mol. The molecule has 1 heterocycles. The molecule has 26 heavy (non-hydrogen) atoms. The number of carbonyl (C=O) groups is 1. The van der Waals surface area contributed by atoms with E-state index in [-0.39, 0.29) is 11.2 Å². The number of Topliss-reactive ketones (excluding diaryl/α,β-unsaturated/α-hetero) is 1. The molecule has 0 N–H and O–H groups in total. The van der Waals surface area contributed by atoms with Crippen LogP contribution in [0.4, 0.5) is 0 Å². The predicted octanol–water partition coefficient (Wildman–Crippen LogP) is 5.56. The number of hydrogen-bond acceptors (Lipinski definition) is 3. The Labute approximate surface area is 155 Å². The van der Waals surface area contributed by atoms with Crippen molar-refractivity contribution in [3.8, 4) is 11.5 Å². The van der Waals surface area contributed by atoms with Gasteiger partial charge in [0.2, 0.25) is 5.78 Å². The van der Waals surface area contributed by atoms with Crippen LogP contribution in [-0.2, 0) is 5.41 Å². The number of fused-ring (bicyclic) bond motifs is 1. The van der Waals surface area contributed by atoms with Crippen molar-refractivity contribution in [2.75, 3.05) is 6.61 Å². The highest BCUT2D eigenvalue weighted by Crippen LogP contribution is 2.35. The zero-order chi connectivity index (χ0) is 18.9. The maximum Gasteiger partial charge on any atom is 0.231 e. The summed E-state index contributed by atoms with van der Waals surface area (Å²) in [4.78, 5) is 12.6. The van der Waals surface area contributed by atoms with Crippen LogP contribution < -0.4 is 9.47 Å². The molecular weight excluding hydrogens is 324 g/mol. The highest BCUT2D eigenvalue weighted by atomic mass is 16.5. The largest absolute Gasteiger partial charge is 0.489 e. The Morgan fingerprint density at radius 2 is 1.85 bits per heavy atom. The Kier molecular flexibility index (Phi) is 4.73. The summed E-state index contributed by atoms with van der Waals surface area (Å²) >= 11 is 0. The lowest BCUT2D eigenvalue weighted by Crippen LogP contribution is -2.10. The minimum atomic E-state index is -0.105. The molecule has 3 rings (SSSR count). The van der Waals surface area contributed by atoms with E-state index in [4.69, 9.17) is 9.47 Å². The maximum atomic E-state index is 12.6. The summed E-state index contributed by atoms with van der Waals surface area (Å²) in [5, 5.41) is 0. The van der Waals surface area contributed by atoms with Crippen molar-refractivity contribution in [2.45, 2.75) is 33.1 Å². The van der Waals surface area contributed by atoms with E-state index in [1.54, 1.807) is 24.3 Å². The third-order valence-electron chi connectivity index (χ3n) is 4.20. The van der Waals surface area contributed by atoms with Crippen molar-refractivity contribution < 1.29 is 14.3 Å². The summed E-state index contributed by atoms with van der Waals surface area (Å²) in [6, 6.07) is 13.5. The molecule has 0 saturated carbocycles. The van der Waals surface area contributed by atoms with Gasteiger partial charge in [-0.3, -0.25) is 4.79 Å². The summed E-state index contributed by atoms with van der Waals surface area (Å²) in [5.74, 6) is 1.43. The number of carbonyl (C=O) groups excluding carboxylic acids is 1. The van der Waals surface area contributed by atoms with Crippen molar-refractivity contribution in [2.24, 2.45) is 0 Å². The smallest absolute Gasteiger partial charge is 0.231 e. The number of benzene rings is 2. The second-order valence-electron chi connectivity index (χ2n) is 7.72. The van der Waals surface area contributed by atoms with Gasteiger partial charge in [0.25, 0.3) is 0 Å². The lowest BCUT2D eigenvalue weighted by atomic mass is 9.86. The summed E-state index contributed by atoms with van der Waals surface area (Å²) in [6.45, 7) is 12.7. The first-order valence-corrected chi connectivity index (χ1v) is 8.70. The van der Waals surface area contributed by atoms with Crippen molar-refractivity contribution in [1.29, 1.82) is 0 Å². The van der Waals surface area contributed by atoms with Gasteiger partial charge in [0.05, 0.1) is 5.56 Å². The maximum absolute atomic E-state index is 12.6. The van der Waals surface area contributed by atoms with Crippen LogP contribution in [0.25, 0.3) is 6.08 Å². The number of rotatable bonds is 4. The number of ether oxygens (including phenoxy) is 2. The van der Waals surface area contributed by atoms with E-state index in [1.165, 1.54) is 5.56 Å². The fraction of sp³-hybridized carbons (Fsp3) is 0.261. The van der Waals surface area contributed by atoms with E-state index in [1.807, 2.05) is 19.1 Å². The Morgan fingerprint density at radius 3 is 2.46 bits per heavy atom. The Bertz CT molecular complexity index is 881. The standard InChI is InChI=1S/C23H24O3/c1-15(2)14-25-18-10-11-19-20(13-18)26-21(22(19)24)12-16-6-8-17(9-7-16)23(3,4)5/h6-13H,1,14H2,2-5H3/b21-12+. The number of ketones is 1. The SMILES string of the molecule is C=C(C)COc1ccc2c(c1)O/C(=C/c1ccc(C(C)(C)C)cc1)C2=O. The van der Waals surface area contributed by atoms with Crippen LogP contribution in [0, 0.1) is 0 Å². The summed E-state index contributed by atoms with van der Waals surface area (Å²) in [6.07, 6.45) is 1.78. The normalized spacial score (nSPS) is 14.9. The lowest BCUT2D eigenvalue weighted by molar-refractivity contribution is 0.101. The summed E-state index contributed by atoms with van der Waals surface area (Å²) in [7, 11) is 0. The molecule has 134 valence electrons. The molecule has 0 spiro atoms. The number of hydrogen-bond donors (Lipinski definition) is 0. The minimum Gasteiger partial charge on any atom is -0.489 e. The Balaban J connectivity index is 1.80. The van der Waals surface area contributed by atoms with Crippen molar-refractivity contribution in [3.05, 3.63) is 77.1 Å². The van der Waals surface area contributed by atoms with Crippen LogP contribution in [0.15, 0.2) is 60.4 Å². The first-order valence-electron chi connectivity index (χ1n) is 8.70. The van der Waals surface area contributed by atoms with Crippen LogP contribution in [-0.4, -0.2) is 12.4 Å². The van der Waals surface area contributed by atoms with E-state index < -0.39 is 0 Å². The molecule has 0 amide bonds. The molecule has 2 aromatic rings. The molecule has 2 aromatic carbocycles. The Morgan fingerprint density at radius 1 is 1.15 bits per heavy atom. The highest BCUT2D eigenvalue weighted by molar-refractivity contribution is 6.14. The van der Waals surface area contributed by atoms with Gasteiger partial charge in [-0.05, 0) is 47.2 Å². The van der Waals surface area contributed by atoms with Crippen molar-refractivity contribution in [1.82, 2.24) is 0 Å². The average Bonchev–Trinajstić information content (AvgIpc) is 2.88. The first-order chi connectivity index (χ1) is 12.2. The Hall–Kier alpha value is -2.81. The molecule has 1 aliphatic rings. The summed E-state index contributed by atoms with van der Waals surface area (Å²) < 4.78 is 11.4. The second-order valence-corrected chi connectivity index (χ2v) is 7.72. The van der Waals surface area contributed by atoms with Crippen molar-refractivity contribution >= 4 is 11.9 Å². The first kappa shape index (κ1) is 18.0. The van der Waals surface area contributed by atoms with E-state index in [2.05, 4.69) is 39.5 Å². The van der Waals surface area contributed by atoms with Crippen molar-refractivity contribution in [3.63, 3.8) is 0 Å². The third-order valence-corrected chi connectivity index (χ3v) is 4.20. The zero-order valence-corrected chi connectivity index (χ0v) is 15.8. The van der Waals surface area contributed by atoms with Gasteiger partial charge in [0.1, 0.15) is 18.1 Å². The molecule has 0 fully saturated rings. The molecule has 0 aromatic heterocycles. The molecule has 0 atom stereocenters. The topological polar surface area (TPSA) is 35.5 Å². The molecule has 1 aliphatic heterocycles. The van der Waals surface area contributed by atoms with E-state index in [9.17, 15) is 4.79 Å². The molecular formula is C23H24O3.